The largest absolute Gasteiger partial charge is 0.493 e. The highest BCUT2D eigenvalue weighted by Gasteiger charge is 2.39. The fourth-order valence-electron chi connectivity index (χ4n) is 2.85. The van der Waals surface area contributed by atoms with E-state index in [4.69, 9.17) is 14.3 Å². The molecule has 0 unspecified atom stereocenters. The molecule has 0 aliphatic carbocycles. The van der Waals surface area contributed by atoms with Crippen LogP contribution in [0.3, 0.4) is 0 Å². The van der Waals surface area contributed by atoms with E-state index in [1.165, 1.54) is 32.4 Å². The minimum atomic E-state index is -0.865. The zero-order valence-electron chi connectivity index (χ0n) is 14.9. The summed E-state index contributed by atoms with van der Waals surface area (Å²) in [6.45, 7) is 3.68. The summed E-state index contributed by atoms with van der Waals surface area (Å²) in [6.07, 6.45) is 2.07. The van der Waals surface area contributed by atoms with E-state index in [2.05, 4.69) is 6.58 Å². The lowest BCUT2D eigenvalue weighted by Crippen LogP contribution is -2.32. The average Bonchev–Trinajstić information content (AvgIpc) is 2.92. The van der Waals surface area contributed by atoms with Gasteiger partial charge in [0.1, 0.15) is 0 Å². The molecule has 7 heteroatoms. The third-order valence-corrected chi connectivity index (χ3v) is 4.09. The number of hydrogen-bond acceptors (Lipinski definition) is 6. The van der Waals surface area contributed by atoms with Crippen LogP contribution in [0.5, 0.6) is 11.5 Å². The van der Waals surface area contributed by atoms with Crippen LogP contribution in [-0.4, -0.2) is 37.1 Å². The number of benzene rings is 2. The summed E-state index contributed by atoms with van der Waals surface area (Å²) in [5.41, 5.74) is 1.15. The fourth-order valence-corrected chi connectivity index (χ4v) is 2.85. The molecule has 0 bridgehead atoms. The van der Waals surface area contributed by atoms with E-state index in [0.717, 1.165) is 0 Å². The number of fused-ring (bicyclic) bond motifs is 1. The predicted octanol–water partition coefficient (Wildman–Crippen LogP) is 2.80. The second-order valence-corrected chi connectivity index (χ2v) is 5.69. The second-order valence-electron chi connectivity index (χ2n) is 5.69. The van der Waals surface area contributed by atoms with Crippen LogP contribution in [0.1, 0.15) is 36.6 Å². The van der Waals surface area contributed by atoms with Gasteiger partial charge in [0.2, 0.25) is 0 Å². The first-order valence-electron chi connectivity index (χ1n) is 8.07. The van der Waals surface area contributed by atoms with E-state index >= 15 is 0 Å². The summed E-state index contributed by atoms with van der Waals surface area (Å²) < 4.78 is 10.6. The maximum Gasteiger partial charge on any atom is 0.364 e. The number of rotatable bonds is 6. The van der Waals surface area contributed by atoms with Crippen LogP contribution in [0.25, 0.3) is 0 Å². The number of hydrogen-bond donors (Lipinski definition) is 0. The first-order chi connectivity index (χ1) is 13.0. The number of carbonyl (C=O) groups is 3. The van der Waals surface area contributed by atoms with Gasteiger partial charge in [-0.3, -0.25) is 9.59 Å². The highest BCUT2D eigenvalue weighted by atomic mass is 16.7. The lowest BCUT2D eigenvalue weighted by molar-refractivity contribution is -0.0584. The maximum absolute atomic E-state index is 12.6. The summed E-state index contributed by atoms with van der Waals surface area (Å²) in [4.78, 5) is 42.3. The van der Waals surface area contributed by atoms with Gasteiger partial charge in [0.25, 0.3) is 11.8 Å². The SMILES string of the molecule is C=CCc1cc(C(=O)ON2C(=O)c3ccccc3C2=O)cc(OC)c1OC. The Bertz CT molecular complexity index is 914. The normalized spacial score (nSPS) is 12.6. The van der Waals surface area contributed by atoms with Crippen molar-refractivity contribution in [2.75, 3.05) is 14.2 Å². The summed E-state index contributed by atoms with van der Waals surface area (Å²) in [5.74, 6) is -1.44. The van der Waals surface area contributed by atoms with Gasteiger partial charge < -0.3 is 14.3 Å². The van der Waals surface area contributed by atoms with Crippen molar-refractivity contribution >= 4 is 17.8 Å². The van der Waals surface area contributed by atoms with Gasteiger partial charge in [-0.2, -0.15) is 0 Å². The molecule has 0 fully saturated rings. The Kier molecular flexibility index (Phi) is 4.94. The standard InChI is InChI=1S/C20H17NO6/c1-4-7-12-10-13(11-16(25-2)17(12)26-3)20(24)27-21-18(22)14-8-5-6-9-15(14)19(21)23/h4-6,8-11H,1,7H2,2-3H3. The van der Waals surface area contributed by atoms with Crippen LogP contribution in [0.15, 0.2) is 49.1 Å². The Morgan fingerprint density at radius 1 is 1.07 bits per heavy atom. The number of ether oxygens (including phenoxy) is 2. The van der Waals surface area contributed by atoms with Crippen molar-refractivity contribution in [3.63, 3.8) is 0 Å². The molecule has 138 valence electrons. The smallest absolute Gasteiger partial charge is 0.364 e. The van der Waals surface area contributed by atoms with Crippen molar-refractivity contribution in [2.24, 2.45) is 0 Å². The Morgan fingerprint density at radius 2 is 1.70 bits per heavy atom. The zero-order chi connectivity index (χ0) is 19.6. The molecule has 1 aliphatic heterocycles. The molecule has 2 amide bonds. The number of imide groups is 1. The topological polar surface area (TPSA) is 82.1 Å². The molecule has 2 aromatic carbocycles. The van der Waals surface area contributed by atoms with Crippen molar-refractivity contribution in [1.29, 1.82) is 0 Å². The molecule has 7 nitrogen and oxygen atoms in total. The molecule has 0 spiro atoms. The van der Waals surface area contributed by atoms with Gasteiger partial charge in [-0.05, 0) is 30.7 Å². The van der Waals surface area contributed by atoms with Crippen LogP contribution in [0.4, 0.5) is 0 Å². The molecule has 0 saturated heterocycles. The minimum absolute atomic E-state index is 0.112. The number of nitrogens with zero attached hydrogens (tertiary/aromatic N) is 1. The third-order valence-electron chi connectivity index (χ3n) is 4.09. The monoisotopic (exact) mass is 367 g/mol. The molecule has 0 saturated carbocycles. The van der Waals surface area contributed by atoms with Crippen LogP contribution < -0.4 is 9.47 Å². The molecule has 0 aromatic heterocycles. The van der Waals surface area contributed by atoms with Gasteiger partial charge in [-0.25, -0.2) is 4.79 Å². The van der Waals surface area contributed by atoms with E-state index in [9.17, 15) is 14.4 Å². The van der Waals surface area contributed by atoms with Crippen molar-refractivity contribution in [3.8, 4) is 11.5 Å². The summed E-state index contributed by atoms with van der Waals surface area (Å²) >= 11 is 0. The Labute approximate surface area is 155 Å². The van der Waals surface area contributed by atoms with Crippen LogP contribution in [0, 0.1) is 0 Å². The number of hydroxylamine groups is 2. The minimum Gasteiger partial charge on any atom is -0.493 e. The highest BCUT2D eigenvalue weighted by Crippen LogP contribution is 2.34. The van der Waals surface area contributed by atoms with E-state index in [0.29, 0.717) is 28.5 Å². The fraction of sp³-hybridized carbons (Fsp3) is 0.150. The number of allylic oxidation sites excluding steroid dienone is 1. The molecule has 0 radical (unpaired) electrons. The Morgan fingerprint density at radius 3 is 2.22 bits per heavy atom. The van der Waals surface area contributed by atoms with Gasteiger partial charge in [0.05, 0.1) is 30.9 Å². The van der Waals surface area contributed by atoms with Gasteiger partial charge in [-0.15, -0.1) is 6.58 Å². The van der Waals surface area contributed by atoms with E-state index in [1.54, 1.807) is 24.3 Å². The Hall–Kier alpha value is -3.61. The average molecular weight is 367 g/mol. The van der Waals surface area contributed by atoms with E-state index < -0.39 is 17.8 Å². The Balaban J connectivity index is 1.91. The third kappa shape index (κ3) is 3.15. The molecule has 0 atom stereocenters. The van der Waals surface area contributed by atoms with E-state index in [-0.39, 0.29) is 16.7 Å². The van der Waals surface area contributed by atoms with Crippen molar-refractivity contribution < 1.29 is 28.7 Å². The predicted molar refractivity (Wildman–Crippen MR) is 95.8 cm³/mol. The lowest BCUT2D eigenvalue weighted by atomic mass is 10.1. The summed E-state index contributed by atoms with van der Waals surface area (Å²) in [6, 6.07) is 9.23. The lowest BCUT2D eigenvalue weighted by Gasteiger charge is -2.16. The number of methoxy groups -OCH3 is 2. The van der Waals surface area contributed by atoms with Crippen LogP contribution in [-0.2, 0) is 11.3 Å². The molecule has 27 heavy (non-hydrogen) atoms. The summed E-state index contributed by atoms with van der Waals surface area (Å²) in [7, 11) is 2.93. The second kappa shape index (κ2) is 7.33. The molecular formula is C20H17NO6. The molecule has 1 aliphatic rings. The van der Waals surface area contributed by atoms with Gasteiger partial charge in [0.15, 0.2) is 11.5 Å². The van der Waals surface area contributed by atoms with Crippen molar-refractivity contribution in [3.05, 3.63) is 71.3 Å². The maximum atomic E-state index is 12.6. The molecule has 2 aromatic rings. The first kappa shape index (κ1) is 18.2. The van der Waals surface area contributed by atoms with E-state index in [1.807, 2.05) is 0 Å². The number of amides is 2. The van der Waals surface area contributed by atoms with Gasteiger partial charge in [-0.1, -0.05) is 23.3 Å². The zero-order valence-corrected chi connectivity index (χ0v) is 14.9. The van der Waals surface area contributed by atoms with Crippen molar-refractivity contribution in [2.45, 2.75) is 6.42 Å². The molecule has 3 rings (SSSR count). The van der Waals surface area contributed by atoms with Gasteiger partial charge >= 0.3 is 5.97 Å². The first-order valence-corrected chi connectivity index (χ1v) is 8.07. The molecular weight excluding hydrogens is 350 g/mol. The molecule has 0 N–H and O–H groups in total. The van der Waals surface area contributed by atoms with Crippen molar-refractivity contribution in [1.82, 2.24) is 5.06 Å². The summed E-state index contributed by atoms with van der Waals surface area (Å²) in [5, 5.41) is 0.469. The number of carbonyl (C=O) groups excluding carboxylic acids is 3. The van der Waals surface area contributed by atoms with Crippen LogP contribution >= 0.6 is 0 Å². The van der Waals surface area contributed by atoms with Gasteiger partial charge in [0, 0.05) is 5.56 Å². The van der Waals surface area contributed by atoms with Crippen LogP contribution in [0.2, 0.25) is 0 Å². The molecule has 1 heterocycles. The quantitative estimate of drug-likeness (QED) is 0.577. The highest BCUT2D eigenvalue weighted by molar-refractivity contribution is 6.21.